The Kier molecular flexibility index (Phi) is 5.05. The van der Waals surface area contributed by atoms with E-state index in [9.17, 15) is 0 Å². The molecule has 3 heterocycles. The second-order valence-corrected chi connectivity index (χ2v) is 7.48. The number of hydrogen-bond acceptors (Lipinski definition) is 6. The number of pyridine rings is 1. The van der Waals surface area contributed by atoms with Crippen molar-refractivity contribution in [1.29, 1.82) is 0 Å². The van der Waals surface area contributed by atoms with E-state index in [-0.39, 0.29) is 0 Å². The Bertz CT molecular complexity index is 889. The van der Waals surface area contributed by atoms with Gasteiger partial charge in [0.15, 0.2) is 11.4 Å². The second-order valence-electron chi connectivity index (χ2n) is 7.48. The fourth-order valence-electron chi connectivity index (χ4n) is 3.03. The largest absolute Gasteiger partial charge is 0.457 e. The monoisotopic (exact) mass is 356 g/mol. The lowest BCUT2D eigenvalue weighted by Crippen LogP contribution is -2.29. The van der Waals surface area contributed by atoms with Crippen molar-refractivity contribution in [2.45, 2.75) is 33.6 Å². The van der Waals surface area contributed by atoms with Crippen molar-refractivity contribution >= 4 is 16.8 Å². The van der Waals surface area contributed by atoms with Gasteiger partial charge in [-0.05, 0) is 40.1 Å². The summed E-state index contributed by atoms with van der Waals surface area (Å²) in [6, 6.07) is 4.19. The molecule has 0 unspecified atom stereocenters. The van der Waals surface area contributed by atoms with Crippen LogP contribution >= 0.6 is 0 Å². The summed E-state index contributed by atoms with van der Waals surface area (Å²) in [5.74, 6) is 2.93. The molecule has 0 spiro atoms. The van der Waals surface area contributed by atoms with Gasteiger partial charge in [0, 0.05) is 31.4 Å². The number of aromatic nitrogens is 2. The number of fused-ring (bicyclic) bond motifs is 1. The first-order valence-corrected chi connectivity index (χ1v) is 9.01. The molecule has 0 aliphatic heterocycles. The second kappa shape index (κ2) is 7.11. The Balaban J connectivity index is 2.16. The molecule has 0 amide bonds. The van der Waals surface area contributed by atoms with Gasteiger partial charge in [-0.3, -0.25) is 0 Å². The Morgan fingerprint density at radius 1 is 1.08 bits per heavy atom. The molecule has 0 saturated heterocycles. The molecule has 6 heteroatoms. The Hall–Kier alpha value is -2.34. The fourth-order valence-corrected chi connectivity index (χ4v) is 3.03. The van der Waals surface area contributed by atoms with E-state index in [1.807, 2.05) is 13.8 Å². The van der Waals surface area contributed by atoms with E-state index in [4.69, 9.17) is 13.9 Å². The van der Waals surface area contributed by atoms with Crippen LogP contribution in [0.5, 0.6) is 0 Å². The summed E-state index contributed by atoms with van der Waals surface area (Å²) in [6.07, 6.45) is 0. The smallest absolute Gasteiger partial charge is 0.176 e. The molecule has 3 rings (SSSR count). The van der Waals surface area contributed by atoms with Crippen LogP contribution in [0.1, 0.15) is 37.0 Å². The van der Waals surface area contributed by atoms with Crippen LogP contribution in [0, 0.1) is 13.8 Å². The number of rotatable bonds is 6. The molecule has 0 aromatic carbocycles. The summed E-state index contributed by atoms with van der Waals surface area (Å²) >= 11 is 0. The average molecular weight is 356 g/mol. The minimum Gasteiger partial charge on any atom is -0.457 e. The van der Waals surface area contributed by atoms with Crippen LogP contribution in [0.3, 0.4) is 0 Å². The molecule has 0 radical (unpaired) electrons. The van der Waals surface area contributed by atoms with Crippen LogP contribution in [-0.2, 0) is 0 Å². The normalized spacial score (nSPS) is 11.9. The number of aryl methyl sites for hydroxylation is 2. The first kappa shape index (κ1) is 18.5. The van der Waals surface area contributed by atoms with Gasteiger partial charge in [-0.15, -0.1) is 0 Å². The third-order valence-electron chi connectivity index (χ3n) is 4.60. The van der Waals surface area contributed by atoms with Gasteiger partial charge >= 0.3 is 0 Å². The van der Waals surface area contributed by atoms with Gasteiger partial charge < -0.3 is 18.7 Å². The van der Waals surface area contributed by atoms with Crippen molar-refractivity contribution in [2.24, 2.45) is 0 Å². The molecule has 0 saturated carbocycles. The van der Waals surface area contributed by atoms with Crippen LogP contribution in [-0.4, -0.2) is 49.3 Å². The van der Waals surface area contributed by atoms with Crippen molar-refractivity contribution < 1.29 is 8.94 Å². The van der Waals surface area contributed by atoms with E-state index in [1.165, 1.54) is 0 Å². The third kappa shape index (κ3) is 3.46. The quantitative estimate of drug-likeness (QED) is 0.659. The molecule has 0 atom stereocenters. The first-order chi connectivity index (χ1) is 12.3. The van der Waals surface area contributed by atoms with E-state index >= 15 is 0 Å². The number of hydrogen-bond donors (Lipinski definition) is 0. The first-order valence-electron chi connectivity index (χ1n) is 9.01. The molecule has 0 fully saturated rings. The molecule has 0 N–H and O–H groups in total. The van der Waals surface area contributed by atoms with Crippen LogP contribution in [0.4, 0.5) is 5.82 Å². The minimum absolute atomic E-state index is 0.324. The summed E-state index contributed by atoms with van der Waals surface area (Å²) in [6.45, 7) is 9.93. The number of anilines is 1. The third-order valence-corrected chi connectivity index (χ3v) is 4.60. The highest BCUT2D eigenvalue weighted by Crippen LogP contribution is 2.35. The SMILES string of the molecule is Cc1noc(C)c1-c1cc2cc(C(C)C)oc2c(N(C)CCN(C)C)n1. The molecule has 0 aliphatic carbocycles. The van der Waals surface area contributed by atoms with E-state index in [2.05, 4.69) is 62.1 Å². The minimum atomic E-state index is 0.324. The van der Waals surface area contributed by atoms with E-state index < -0.39 is 0 Å². The molecule has 0 bridgehead atoms. The van der Waals surface area contributed by atoms with Crippen LogP contribution in [0.2, 0.25) is 0 Å². The number of nitrogens with zero attached hydrogens (tertiary/aromatic N) is 4. The standard InChI is InChI=1S/C20H28N4O2/c1-12(2)17-11-15-10-16(18-13(3)22-26-14(18)4)21-20(19(15)25-17)24(7)9-8-23(5)6/h10-12H,8-9H2,1-7H3. The van der Waals surface area contributed by atoms with E-state index in [1.54, 1.807) is 0 Å². The average Bonchev–Trinajstić information content (AvgIpc) is 3.15. The van der Waals surface area contributed by atoms with Crippen molar-refractivity contribution in [3.63, 3.8) is 0 Å². The zero-order chi connectivity index (χ0) is 19.0. The van der Waals surface area contributed by atoms with Crippen molar-refractivity contribution in [2.75, 3.05) is 39.1 Å². The molecule has 6 nitrogen and oxygen atoms in total. The van der Waals surface area contributed by atoms with E-state index in [0.29, 0.717) is 5.92 Å². The topological polar surface area (TPSA) is 58.5 Å². The zero-order valence-electron chi connectivity index (χ0n) is 16.8. The summed E-state index contributed by atoms with van der Waals surface area (Å²) in [4.78, 5) is 9.24. The lowest BCUT2D eigenvalue weighted by atomic mass is 10.1. The molecule has 0 aliphatic rings. The summed E-state index contributed by atoms with van der Waals surface area (Å²) < 4.78 is 11.5. The van der Waals surface area contributed by atoms with Gasteiger partial charge in [0.05, 0.1) is 17.0 Å². The molecule has 140 valence electrons. The Morgan fingerprint density at radius 3 is 2.38 bits per heavy atom. The lowest BCUT2D eigenvalue weighted by Gasteiger charge is -2.21. The van der Waals surface area contributed by atoms with Gasteiger partial charge in [-0.2, -0.15) is 0 Å². The van der Waals surface area contributed by atoms with Gasteiger partial charge in [-0.1, -0.05) is 19.0 Å². The van der Waals surface area contributed by atoms with Crippen molar-refractivity contribution in [1.82, 2.24) is 15.0 Å². The zero-order valence-corrected chi connectivity index (χ0v) is 16.8. The molecule has 3 aromatic rings. The maximum absolute atomic E-state index is 6.16. The van der Waals surface area contributed by atoms with Crippen molar-refractivity contribution in [3.05, 3.63) is 29.3 Å². The Morgan fingerprint density at radius 2 is 1.81 bits per heavy atom. The molecular formula is C20H28N4O2. The van der Waals surface area contributed by atoms with Crippen molar-refractivity contribution in [3.8, 4) is 11.3 Å². The predicted molar refractivity (Wildman–Crippen MR) is 105 cm³/mol. The highest BCUT2D eigenvalue weighted by atomic mass is 16.5. The molecule has 26 heavy (non-hydrogen) atoms. The lowest BCUT2D eigenvalue weighted by molar-refractivity contribution is 0.393. The van der Waals surface area contributed by atoms with E-state index in [0.717, 1.165) is 58.3 Å². The van der Waals surface area contributed by atoms with Gasteiger partial charge in [0.25, 0.3) is 0 Å². The van der Waals surface area contributed by atoms with Crippen LogP contribution in [0.25, 0.3) is 22.2 Å². The molecule has 3 aromatic heterocycles. The number of likely N-dealkylation sites (N-methyl/N-ethyl adjacent to an activating group) is 2. The van der Waals surface area contributed by atoms with Gasteiger partial charge in [-0.25, -0.2) is 4.98 Å². The fraction of sp³-hybridized carbons (Fsp3) is 0.500. The Labute approximate surface area is 154 Å². The van der Waals surface area contributed by atoms with Gasteiger partial charge in [0.1, 0.15) is 11.5 Å². The van der Waals surface area contributed by atoms with Crippen LogP contribution in [0.15, 0.2) is 21.1 Å². The van der Waals surface area contributed by atoms with Crippen LogP contribution < -0.4 is 4.90 Å². The molecular weight excluding hydrogens is 328 g/mol. The highest BCUT2D eigenvalue weighted by molar-refractivity contribution is 5.91. The maximum Gasteiger partial charge on any atom is 0.176 e. The summed E-state index contributed by atoms with van der Waals surface area (Å²) in [7, 11) is 6.20. The summed E-state index contributed by atoms with van der Waals surface area (Å²) in [5.41, 5.74) is 3.52. The van der Waals surface area contributed by atoms with Gasteiger partial charge in [0.2, 0.25) is 0 Å². The predicted octanol–water partition coefficient (Wildman–Crippen LogP) is 4.22. The maximum atomic E-state index is 6.16. The summed E-state index contributed by atoms with van der Waals surface area (Å²) in [5, 5.41) is 5.14. The highest BCUT2D eigenvalue weighted by Gasteiger charge is 2.20. The number of furan rings is 1.